The van der Waals surface area contributed by atoms with Crippen LogP contribution in [0.1, 0.15) is 0 Å². The SMILES string of the molecule is c1ccc(N(c2cc3ccc4cc5c6ccccc6sc5c5[nH]c(c2)c3c45)c2ccc3oc4ccccc4c3c2)cc1. The van der Waals surface area contributed by atoms with E-state index in [1.807, 2.05) is 23.5 Å². The summed E-state index contributed by atoms with van der Waals surface area (Å²) in [5.74, 6) is 0. The highest BCUT2D eigenvalue weighted by Gasteiger charge is 2.20. The van der Waals surface area contributed by atoms with Gasteiger partial charge in [0.05, 0.1) is 10.2 Å². The molecule has 0 unspecified atom stereocenters. The fourth-order valence-electron chi connectivity index (χ4n) is 6.88. The number of nitrogens with zero attached hydrogens (tertiary/aromatic N) is 1. The molecular weight excluding hydrogens is 532 g/mol. The number of benzene rings is 7. The van der Waals surface area contributed by atoms with E-state index in [9.17, 15) is 0 Å². The molecule has 0 saturated heterocycles. The van der Waals surface area contributed by atoms with E-state index in [0.29, 0.717) is 0 Å². The fourth-order valence-corrected chi connectivity index (χ4v) is 8.07. The first kappa shape index (κ1) is 22.4. The first-order valence-corrected chi connectivity index (χ1v) is 15.0. The standard InChI is InChI=1S/C38H22N2OS/c1-2-8-24(9-3-1)40(25-16-17-33-29(20-25)27-10-4-6-12-32(27)41-33)26-18-22-14-15-23-19-30-28-11-5-7-13-34(28)42-38(30)37-36(23)35(22)31(21-26)39-37/h1-21,39H. The lowest BCUT2D eigenvalue weighted by Crippen LogP contribution is -2.09. The van der Waals surface area contributed by atoms with Crippen molar-refractivity contribution >= 4 is 103 Å². The molecule has 1 N–H and O–H groups in total. The largest absolute Gasteiger partial charge is 0.456 e. The summed E-state index contributed by atoms with van der Waals surface area (Å²) in [6.45, 7) is 0. The average Bonchev–Trinajstić information content (AvgIpc) is 3.72. The van der Waals surface area contributed by atoms with E-state index in [4.69, 9.17) is 4.42 Å². The van der Waals surface area contributed by atoms with Gasteiger partial charge in [0.1, 0.15) is 11.2 Å². The molecule has 0 bridgehead atoms. The molecule has 0 spiro atoms. The molecule has 0 aliphatic carbocycles. The lowest BCUT2D eigenvalue weighted by Gasteiger charge is -2.26. The number of fused-ring (bicyclic) bond motifs is 7. The fraction of sp³-hybridized carbons (Fsp3) is 0. The molecule has 0 saturated carbocycles. The summed E-state index contributed by atoms with van der Waals surface area (Å²) in [5.41, 5.74) is 7.52. The van der Waals surface area contributed by atoms with Crippen molar-refractivity contribution in [2.24, 2.45) is 0 Å². The Morgan fingerprint density at radius 1 is 0.524 bits per heavy atom. The summed E-state index contributed by atoms with van der Waals surface area (Å²) in [6.07, 6.45) is 0. The monoisotopic (exact) mass is 554 g/mol. The second-order valence-electron chi connectivity index (χ2n) is 11.1. The van der Waals surface area contributed by atoms with E-state index in [1.165, 1.54) is 47.2 Å². The van der Waals surface area contributed by atoms with E-state index in [2.05, 4.69) is 125 Å². The summed E-state index contributed by atoms with van der Waals surface area (Å²) in [5, 5.41) is 10.0. The zero-order chi connectivity index (χ0) is 27.4. The van der Waals surface area contributed by atoms with Gasteiger partial charge in [0.2, 0.25) is 0 Å². The summed E-state index contributed by atoms with van der Waals surface area (Å²) < 4.78 is 8.81. The highest BCUT2D eigenvalue weighted by molar-refractivity contribution is 7.26. The van der Waals surface area contributed by atoms with Crippen LogP contribution in [0.25, 0.3) is 74.7 Å². The summed E-state index contributed by atoms with van der Waals surface area (Å²) in [7, 11) is 0. The number of hydrogen-bond donors (Lipinski definition) is 1. The van der Waals surface area contributed by atoms with E-state index in [-0.39, 0.29) is 0 Å². The number of rotatable bonds is 3. The molecule has 10 rings (SSSR count). The predicted octanol–water partition coefficient (Wildman–Crippen LogP) is 11.6. The van der Waals surface area contributed by atoms with Crippen LogP contribution in [-0.4, -0.2) is 4.98 Å². The molecule has 0 aliphatic rings. The first-order chi connectivity index (χ1) is 20.8. The normalized spacial score (nSPS) is 12.3. The molecule has 0 fully saturated rings. The highest BCUT2D eigenvalue weighted by atomic mass is 32.1. The van der Waals surface area contributed by atoms with Crippen LogP contribution < -0.4 is 4.90 Å². The number of H-pyrrole nitrogens is 1. The van der Waals surface area contributed by atoms with Crippen molar-refractivity contribution < 1.29 is 4.42 Å². The van der Waals surface area contributed by atoms with Crippen molar-refractivity contribution in [1.29, 1.82) is 0 Å². The van der Waals surface area contributed by atoms with Gasteiger partial charge in [-0.25, -0.2) is 0 Å². The summed E-state index contributed by atoms with van der Waals surface area (Å²) in [4.78, 5) is 6.23. The van der Waals surface area contributed by atoms with Gasteiger partial charge in [0.15, 0.2) is 0 Å². The third-order valence-corrected chi connectivity index (χ3v) is 9.90. The van der Waals surface area contributed by atoms with Gasteiger partial charge < -0.3 is 14.3 Å². The van der Waals surface area contributed by atoms with Crippen molar-refractivity contribution in [3.63, 3.8) is 0 Å². The number of hydrogen-bond acceptors (Lipinski definition) is 3. The molecule has 3 nitrogen and oxygen atoms in total. The predicted molar refractivity (Wildman–Crippen MR) is 179 cm³/mol. The molecule has 196 valence electrons. The first-order valence-electron chi connectivity index (χ1n) is 14.2. The van der Waals surface area contributed by atoms with Crippen molar-refractivity contribution in [3.8, 4) is 0 Å². The number of aromatic nitrogens is 1. The zero-order valence-electron chi connectivity index (χ0n) is 22.4. The van der Waals surface area contributed by atoms with Crippen molar-refractivity contribution in [1.82, 2.24) is 4.98 Å². The van der Waals surface area contributed by atoms with Crippen LogP contribution in [0.2, 0.25) is 0 Å². The number of para-hydroxylation sites is 2. The maximum absolute atomic E-state index is 6.16. The van der Waals surface area contributed by atoms with Crippen molar-refractivity contribution in [2.75, 3.05) is 4.90 Å². The third-order valence-electron chi connectivity index (χ3n) is 8.70. The van der Waals surface area contributed by atoms with E-state index >= 15 is 0 Å². The Bertz CT molecular complexity index is 2640. The lowest BCUT2D eigenvalue weighted by atomic mass is 9.99. The van der Waals surface area contributed by atoms with Crippen LogP contribution in [0.3, 0.4) is 0 Å². The molecule has 42 heavy (non-hydrogen) atoms. The van der Waals surface area contributed by atoms with Gasteiger partial charge in [0.25, 0.3) is 0 Å². The molecule has 4 heteroatoms. The van der Waals surface area contributed by atoms with Crippen LogP contribution >= 0.6 is 11.3 Å². The summed E-state index contributed by atoms with van der Waals surface area (Å²) in [6, 6.07) is 45.7. The van der Waals surface area contributed by atoms with E-state index in [1.54, 1.807) is 0 Å². The quantitative estimate of drug-likeness (QED) is 0.220. The van der Waals surface area contributed by atoms with Crippen LogP contribution in [0.15, 0.2) is 132 Å². The van der Waals surface area contributed by atoms with Crippen LogP contribution in [0.5, 0.6) is 0 Å². The Kier molecular flexibility index (Phi) is 4.33. The lowest BCUT2D eigenvalue weighted by molar-refractivity contribution is 0.669. The molecule has 10 aromatic rings. The Hall–Kier alpha value is -5.32. The van der Waals surface area contributed by atoms with Gasteiger partial charge in [-0.3, -0.25) is 0 Å². The Labute approximate surface area is 244 Å². The molecule has 0 atom stereocenters. The smallest absolute Gasteiger partial charge is 0.135 e. The topological polar surface area (TPSA) is 32.2 Å². The van der Waals surface area contributed by atoms with Crippen LogP contribution in [0, 0.1) is 0 Å². The maximum Gasteiger partial charge on any atom is 0.135 e. The maximum atomic E-state index is 6.16. The number of thiophene rings is 1. The van der Waals surface area contributed by atoms with Gasteiger partial charge in [-0.15, -0.1) is 11.3 Å². The summed E-state index contributed by atoms with van der Waals surface area (Å²) >= 11 is 1.88. The molecule has 3 heterocycles. The number of nitrogens with one attached hydrogen (secondary N) is 1. The Balaban J connectivity index is 1.26. The number of anilines is 3. The zero-order valence-corrected chi connectivity index (χ0v) is 23.2. The van der Waals surface area contributed by atoms with Gasteiger partial charge >= 0.3 is 0 Å². The van der Waals surface area contributed by atoms with Gasteiger partial charge in [0, 0.05) is 59.6 Å². The second kappa shape index (κ2) is 8.12. The van der Waals surface area contributed by atoms with E-state index < -0.39 is 0 Å². The Morgan fingerprint density at radius 3 is 2.19 bits per heavy atom. The van der Waals surface area contributed by atoms with E-state index in [0.717, 1.165) is 44.5 Å². The molecular formula is C38H22N2OS. The minimum atomic E-state index is 0.900. The molecule has 3 aromatic heterocycles. The van der Waals surface area contributed by atoms with Gasteiger partial charge in [-0.1, -0.05) is 66.7 Å². The van der Waals surface area contributed by atoms with Crippen molar-refractivity contribution in [3.05, 3.63) is 127 Å². The van der Waals surface area contributed by atoms with Gasteiger partial charge in [-0.2, -0.15) is 0 Å². The number of aromatic amines is 1. The van der Waals surface area contributed by atoms with Gasteiger partial charge in [-0.05, 0) is 71.4 Å². The van der Waals surface area contributed by atoms with Crippen LogP contribution in [-0.2, 0) is 0 Å². The molecule has 0 aliphatic heterocycles. The number of furan rings is 1. The third kappa shape index (κ3) is 2.99. The molecule has 0 radical (unpaired) electrons. The average molecular weight is 555 g/mol. The Morgan fingerprint density at radius 2 is 1.29 bits per heavy atom. The van der Waals surface area contributed by atoms with Crippen molar-refractivity contribution in [2.45, 2.75) is 0 Å². The highest BCUT2D eigenvalue weighted by Crippen LogP contribution is 2.46. The molecule has 7 aromatic carbocycles. The minimum absolute atomic E-state index is 0.900. The molecule has 0 amide bonds. The minimum Gasteiger partial charge on any atom is -0.456 e. The second-order valence-corrected chi connectivity index (χ2v) is 12.1. The van der Waals surface area contributed by atoms with Crippen LogP contribution in [0.4, 0.5) is 17.1 Å².